The maximum Gasteiger partial charge on any atom is 0.239 e. The van der Waals surface area contributed by atoms with Crippen molar-refractivity contribution < 1.29 is 4.79 Å². The molecule has 0 aliphatic carbocycles. The van der Waals surface area contributed by atoms with Crippen LogP contribution >= 0.6 is 23.1 Å². The van der Waals surface area contributed by atoms with Gasteiger partial charge in [-0.15, -0.1) is 11.8 Å². The number of aromatic nitrogens is 1. The summed E-state index contributed by atoms with van der Waals surface area (Å²) in [5.41, 5.74) is 2.27. The second-order valence-corrected chi connectivity index (χ2v) is 8.85. The molecule has 0 unspecified atom stereocenters. The quantitative estimate of drug-likeness (QED) is 0.410. The third-order valence-electron chi connectivity index (χ3n) is 5.04. The number of hydrogen-bond donors (Lipinski definition) is 0. The molecule has 0 fully saturated rings. The molecule has 3 rings (SSSR count). The lowest BCUT2D eigenvalue weighted by atomic mass is 10.1. The molecule has 6 heteroatoms. The van der Waals surface area contributed by atoms with E-state index in [1.165, 1.54) is 5.56 Å². The van der Waals surface area contributed by atoms with Crippen LogP contribution in [0.2, 0.25) is 0 Å². The smallest absolute Gasteiger partial charge is 0.239 e. The summed E-state index contributed by atoms with van der Waals surface area (Å²) in [6.07, 6.45) is 0.942. The van der Waals surface area contributed by atoms with Gasteiger partial charge in [0.15, 0.2) is 5.13 Å². The average molecular weight is 428 g/mol. The zero-order valence-electron chi connectivity index (χ0n) is 17.4. The molecule has 0 bridgehead atoms. The average Bonchev–Trinajstić information content (AvgIpc) is 3.20. The number of carbonyl (C=O) groups excluding carboxylic acids is 1. The van der Waals surface area contributed by atoms with Gasteiger partial charge in [-0.3, -0.25) is 9.69 Å². The lowest BCUT2D eigenvalue weighted by Gasteiger charge is -2.24. The number of hydrogen-bond acceptors (Lipinski definition) is 5. The van der Waals surface area contributed by atoms with E-state index in [2.05, 4.69) is 43.9 Å². The van der Waals surface area contributed by atoms with Crippen molar-refractivity contribution in [2.45, 2.75) is 32.1 Å². The molecule has 29 heavy (non-hydrogen) atoms. The molecule has 0 spiro atoms. The van der Waals surface area contributed by atoms with Crippen LogP contribution in [-0.4, -0.2) is 47.7 Å². The Balaban J connectivity index is 1.83. The lowest BCUT2D eigenvalue weighted by Crippen LogP contribution is -2.39. The van der Waals surface area contributed by atoms with Gasteiger partial charge in [0.05, 0.1) is 16.0 Å². The second kappa shape index (κ2) is 10.8. The maximum absolute atomic E-state index is 13.2. The number of para-hydroxylation sites is 1. The molecule has 0 aliphatic heterocycles. The third kappa shape index (κ3) is 5.59. The van der Waals surface area contributed by atoms with Gasteiger partial charge in [-0.25, -0.2) is 4.98 Å². The number of aryl methyl sites for hydroxylation is 1. The standard InChI is InChI=1S/C23H29N3OS2/c1-4-18-11-10-14-20-22(18)24-23(29-20)26(16-15-25(5-2)6-3)21(27)17-28-19-12-8-7-9-13-19/h7-14H,4-6,15-17H2,1-3H3. The van der Waals surface area contributed by atoms with Gasteiger partial charge >= 0.3 is 0 Å². The highest BCUT2D eigenvalue weighted by Gasteiger charge is 2.21. The van der Waals surface area contributed by atoms with Crippen LogP contribution in [0.4, 0.5) is 5.13 Å². The van der Waals surface area contributed by atoms with Crippen molar-refractivity contribution in [3.8, 4) is 0 Å². The van der Waals surface area contributed by atoms with Gasteiger partial charge in [0.2, 0.25) is 5.91 Å². The number of likely N-dealkylation sites (N-methyl/N-ethyl adjacent to an activating group) is 1. The fourth-order valence-electron chi connectivity index (χ4n) is 3.24. The summed E-state index contributed by atoms with van der Waals surface area (Å²) in [6.45, 7) is 9.95. The molecule has 0 saturated carbocycles. The molecule has 1 aromatic heterocycles. The first-order chi connectivity index (χ1) is 14.2. The van der Waals surface area contributed by atoms with E-state index in [1.54, 1.807) is 23.1 Å². The molecular weight excluding hydrogens is 398 g/mol. The van der Waals surface area contributed by atoms with Gasteiger partial charge in [-0.1, -0.05) is 62.4 Å². The number of rotatable bonds is 10. The van der Waals surface area contributed by atoms with E-state index in [-0.39, 0.29) is 5.91 Å². The minimum atomic E-state index is 0.114. The maximum atomic E-state index is 13.2. The number of thiazole rings is 1. The second-order valence-electron chi connectivity index (χ2n) is 6.79. The van der Waals surface area contributed by atoms with Crippen molar-refractivity contribution in [3.05, 3.63) is 54.1 Å². The molecule has 3 aromatic rings. The number of amides is 1. The first-order valence-electron chi connectivity index (χ1n) is 10.2. The fourth-order valence-corrected chi connectivity index (χ4v) is 5.10. The highest BCUT2D eigenvalue weighted by atomic mass is 32.2. The Morgan fingerprint density at radius 1 is 1.00 bits per heavy atom. The first kappa shape index (κ1) is 21.8. The molecule has 0 aliphatic rings. The summed E-state index contributed by atoms with van der Waals surface area (Å²) in [5, 5.41) is 0.812. The van der Waals surface area contributed by atoms with Crippen LogP contribution in [0, 0.1) is 0 Å². The Kier molecular flexibility index (Phi) is 8.09. The molecule has 4 nitrogen and oxygen atoms in total. The zero-order valence-corrected chi connectivity index (χ0v) is 19.1. The highest BCUT2D eigenvalue weighted by Crippen LogP contribution is 2.31. The van der Waals surface area contributed by atoms with E-state index in [4.69, 9.17) is 4.98 Å². The fraction of sp³-hybridized carbons (Fsp3) is 0.391. The number of thioether (sulfide) groups is 1. The van der Waals surface area contributed by atoms with Crippen LogP contribution < -0.4 is 4.90 Å². The van der Waals surface area contributed by atoms with E-state index in [9.17, 15) is 4.79 Å². The molecule has 0 N–H and O–H groups in total. The van der Waals surface area contributed by atoms with Crippen LogP contribution in [0.1, 0.15) is 26.3 Å². The largest absolute Gasteiger partial charge is 0.302 e. The molecule has 1 heterocycles. The summed E-state index contributed by atoms with van der Waals surface area (Å²) in [4.78, 5) is 23.4. The van der Waals surface area contributed by atoms with Gasteiger partial charge in [0.1, 0.15) is 0 Å². The van der Waals surface area contributed by atoms with Gasteiger partial charge in [0, 0.05) is 18.0 Å². The van der Waals surface area contributed by atoms with Crippen molar-refractivity contribution in [1.29, 1.82) is 0 Å². The van der Waals surface area contributed by atoms with Crippen LogP contribution in [0.5, 0.6) is 0 Å². The topological polar surface area (TPSA) is 36.4 Å². The normalized spacial score (nSPS) is 11.3. The predicted molar refractivity (Wildman–Crippen MR) is 126 cm³/mol. The lowest BCUT2D eigenvalue weighted by molar-refractivity contribution is -0.116. The van der Waals surface area contributed by atoms with Gasteiger partial charge in [-0.05, 0) is 43.3 Å². The van der Waals surface area contributed by atoms with E-state index < -0.39 is 0 Å². The first-order valence-corrected chi connectivity index (χ1v) is 12.0. The van der Waals surface area contributed by atoms with Crippen molar-refractivity contribution >= 4 is 44.4 Å². The SMILES string of the molecule is CCc1cccc2sc(N(CCN(CC)CC)C(=O)CSc3ccccc3)nc12. The molecule has 0 radical (unpaired) electrons. The molecule has 1 amide bonds. The highest BCUT2D eigenvalue weighted by molar-refractivity contribution is 8.00. The Bertz CT molecular complexity index is 922. The molecule has 0 atom stereocenters. The Morgan fingerprint density at radius 2 is 1.76 bits per heavy atom. The van der Waals surface area contributed by atoms with E-state index in [0.29, 0.717) is 12.3 Å². The van der Waals surface area contributed by atoms with Crippen LogP contribution in [0.3, 0.4) is 0 Å². The minimum absolute atomic E-state index is 0.114. The van der Waals surface area contributed by atoms with E-state index in [0.717, 1.165) is 46.3 Å². The molecule has 154 valence electrons. The third-order valence-corrected chi connectivity index (χ3v) is 7.08. The Morgan fingerprint density at radius 3 is 2.45 bits per heavy atom. The zero-order chi connectivity index (χ0) is 20.6. The number of carbonyl (C=O) groups is 1. The number of anilines is 1. The summed E-state index contributed by atoms with van der Waals surface area (Å²) >= 11 is 3.20. The minimum Gasteiger partial charge on any atom is -0.302 e. The van der Waals surface area contributed by atoms with E-state index >= 15 is 0 Å². The molecule has 2 aromatic carbocycles. The summed E-state index contributed by atoms with van der Waals surface area (Å²) in [5.74, 6) is 0.529. The summed E-state index contributed by atoms with van der Waals surface area (Å²) in [6, 6.07) is 16.4. The summed E-state index contributed by atoms with van der Waals surface area (Å²) < 4.78 is 1.15. The van der Waals surface area contributed by atoms with Crippen LogP contribution in [0.25, 0.3) is 10.2 Å². The number of benzene rings is 2. The predicted octanol–water partition coefficient (Wildman–Crippen LogP) is 5.33. The molecule has 0 saturated heterocycles. The van der Waals surface area contributed by atoms with Crippen molar-refractivity contribution in [2.75, 3.05) is 36.8 Å². The summed E-state index contributed by atoms with van der Waals surface area (Å²) in [7, 11) is 0. The number of nitrogens with zero attached hydrogens (tertiary/aromatic N) is 3. The van der Waals surface area contributed by atoms with Crippen LogP contribution in [-0.2, 0) is 11.2 Å². The number of fused-ring (bicyclic) bond motifs is 1. The van der Waals surface area contributed by atoms with Crippen molar-refractivity contribution in [2.24, 2.45) is 0 Å². The van der Waals surface area contributed by atoms with Gasteiger partial charge in [0.25, 0.3) is 0 Å². The van der Waals surface area contributed by atoms with Gasteiger partial charge < -0.3 is 4.90 Å². The van der Waals surface area contributed by atoms with Crippen LogP contribution in [0.15, 0.2) is 53.4 Å². The van der Waals surface area contributed by atoms with Crippen molar-refractivity contribution in [1.82, 2.24) is 9.88 Å². The monoisotopic (exact) mass is 427 g/mol. The van der Waals surface area contributed by atoms with E-state index in [1.807, 2.05) is 35.2 Å². The Labute approximate surface area is 181 Å². The van der Waals surface area contributed by atoms with Crippen molar-refractivity contribution in [3.63, 3.8) is 0 Å². The van der Waals surface area contributed by atoms with Gasteiger partial charge in [-0.2, -0.15) is 0 Å². The molecular formula is C23H29N3OS2. The Hall–Kier alpha value is -1.89.